The number of hydrogen-bond acceptors (Lipinski definition) is 4. The van der Waals surface area contributed by atoms with Crippen LogP contribution in [0.5, 0.6) is 0 Å². The van der Waals surface area contributed by atoms with E-state index in [4.69, 9.17) is 0 Å². The Bertz CT molecular complexity index is 923. The second kappa shape index (κ2) is 8.39. The fourth-order valence-electron chi connectivity index (χ4n) is 3.30. The molecule has 0 unspecified atom stereocenters. The molecule has 0 saturated heterocycles. The van der Waals surface area contributed by atoms with Gasteiger partial charge in [0.05, 0.1) is 5.75 Å². The van der Waals surface area contributed by atoms with E-state index < -0.39 is 0 Å². The van der Waals surface area contributed by atoms with E-state index in [1.165, 1.54) is 24.6 Å². The number of nitrogens with one attached hydrogen (secondary N) is 1. The molecule has 0 atom stereocenters. The van der Waals surface area contributed by atoms with Crippen molar-refractivity contribution in [2.24, 2.45) is 0 Å². The Morgan fingerprint density at radius 1 is 1.04 bits per heavy atom. The lowest BCUT2D eigenvalue weighted by molar-refractivity contribution is -0.113. The number of thioether (sulfide) groups is 1. The number of fused-ring (bicyclic) bond motifs is 1. The van der Waals surface area contributed by atoms with E-state index in [2.05, 4.69) is 20.1 Å². The van der Waals surface area contributed by atoms with Gasteiger partial charge in [0.1, 0.15) is 5.82 Å². The van der Waals surface area contributed by atoms with Crippen molar-refractivity contribution >= 4 is 23.4 Å². The van der Waals surface area contributed by atoms with Gasteiger partial charge in [-0.25, -0.2) is 0 Å². The van der Waals surface area contributed by atoms with Gasteiger partial charge >= 0.3 is 0 Å². The third-order valence-electron chi connectivity index (χ3n) is 4.63. The van der Waals surface area contributed by atoms with Crippen LogP contribution in [0.4, 0.5) is 5.69 Å². The second-order valence-electron chi connectivity index (χ2n) is 6.63. The maximum atomic E-state index is 12.3. The Balaban J connectivity index is 1.45. The van der Waals surface area contributed by atoms with Gasteiger partial charge in [-0.2, -0.15) is 0 Å². The Kier molecular flexibility index (Phi) is 5.53. The molecule has 1 amide bonds. The Labute approximate surface area is 163 Å². The number of hydrogen-bond donors (Lipinski definition) is 1. The van der Waals surface area contributed by atoms with Crippen molar-refractivity contribution < 1.29 is 4.79 Å². The number of aryl methyl sites for hydroxylation is 1. The summed E-state index contributed by atoms with van der Waals surface area (Å²) >= 11 is 1.53. The van der Waals surface area contributed by atoms with Gasteiger partial charge in [0, 0.05) is 29.1 Å². The van der Waals surface area contributed by atoms with Crippen LogP contribution in [0.1, 0.15) is 25.1 Å². The quantitative estimate of drug-likeness (QED) is 0.669. The van der Waals surface area contributed by atoms with Gasteiger partial charge in [-0.15, -0.1) is 22.0 Å². The second-order valence-corrected chi connectivity index (χ2v) is 7.68. The molecule has 2 heterocycles. The van der Waals surface area contributed by atoms with Gasteiger partial charge in [-0.1, -0.05) is 36.8 Å². The van der Waals surface area contributed by atoms with Crippen molar-refractivity contribution in [2.45, 2.75) is 37.1 Å². The highest BCUT2D eigenvalue weighted by Gasteiger charge is 2.16. The standard InChI is InChI=1S/C21H22N4OS/c26-20(15-27-18-10-3-1-4-11-18)22-17-9-7-8-16(14-17)21-24-23-19-12-5-2-6-13-25(19)21/h1,3-4,7-11,14H,2,5-6,12-13,15H2,(H,22,26). The molecule has 1 N–H and O–H groups in total. The normalized spacial score (nSPS) is 13.6. The Hall–Kier alpha value is -2.60. The average molecular weight is 379 g/mol. The SMILES string of the molecule is O=C(CSc1ccccc1)Nc1cccc(-c2nnc3n2CCCCC3)c1. The van der Waals surface area contributed by atoms with Crippen LogP contribution in [-0.2, 0) is 17.8 Å². The molecule has 0 bridgehead atoms. The monoisotopic (exact) mass is 378 g/mol. The molecule has 0 radical (unpaired) electrons. The number of benzene rings is 2. The maximum absolute atomic E-state index is 12.3. The van der Waals surface area contributed by atoms with Crippen molar-refractivity contribution in [2.75, 3.05) is 11.1 Å². The molecule has 1 aromatic heterocycles. The van der Waals surface area contributed by atoms with E-state index in [9.17, 15) is 4.79 Å². The van der Waals surface area contributed by atoms with E-state index in [0.29, 0.717) is 5.75 Å². The fourth-order valence-corrected chi connectivity index (χ4v) is 4.02. The van der Waals surface area contributed by atoms with E-state index >= 15 is 0 Å². The van der Waals surface area contributed by atoms with E-state index in [1.54, 1.807) is 0 Å². The predicted molar refractivity (Wildman–Crippen MR) is 109 cm³/mol. The number of carbonyl (C=O) groups is 1. The van der Waals surface area contributed by atoms with Crippen molar-refractivity contribution in [3.8, 4) is 11.4 Å². The molecule has 4 rings (SSSR count). The Morgan fingerprint density at radius 2 is 1.93 bits per heavy atom. The molecule has 6 heteroatoms. The molecule has 138 valence electrons. The topological polar surface area (TPSA) is 59.8 Å². The highest BCUT2D eigenvalue weighted by Crippen LogP contribution is 2.25. The molecule has 2 aromatic carbocycles. The molecule has 1 aliphatic rings. The molecule has 0 aliphatic carbocycles. The van der Waals surface area contributed by atoms with Crippen LogP contribution < -0.4 is 5.32 Å². The maximum Gasteiger partial charge on any atom is 0.234 e. The number of rotatable bonds is 5. The molecule has 0 spiro atoms. The van der Waals surface area contributed by atoms with Crippen molar-refractivity contribution in [3.05, 3.63) is 60.4 Å². The summed E-state index contributed by atoms with van der Waals surface area (Å²) in [5.74, 6) is 2.33. The molecule has 1 aliphatic heterocycles. The first-order chi connectivity index (χ1) is 13.3. The van der Waals surface area contributed by atoms with Crippen molar-refractivity contribution in [3.63, 3.8) is 0 Å². The lowest BCUT2D eigenvalue weighted by Gasteiger charge is -2.09. The zero-order valence-corrected chi connectivity index (χ0v) is 15.9. The zero-order chi connectivity index (χ0) is 18.5. The Morgan fingerprint density at radius 3 is 2.81 bits per heavy atom. The largest absolute Gasteiger partial charge is 0.325 e. The summed E-state index contributed by atoms with van der Waals surface area (Å²) in [7, 11) is 0. The summed E-state index contributed by atoms with van der Waals surface area (Å²) in [6, 6.07) is 17.8. The van der Waals surface area contributed by atoms with E-state index in [0.717, 1.165) is 47.2 Å². The minimum atomic E-state index is -0.0129. The zero-order valence-electron chi connectivity index (χ0n) is 15.1. The van der Waals surface area contributed by atoms with Gasteiger partial charge < -0.3 is 9.88 Å². The first kappa shape index (κ1) is 17.8. The molecular weight excluding hydrogens is 356 g/mol. The van der Waals surface area contributed by atoms with Crippen LogP contribution >= 0.6 is 11.8 Å². The summed E-state index contributed by atoms with van der Waals surface area (Å²) in [6.07, 6.45) is 4.55. The summed E-state index contributed by atoms with van der Waals surface area (Å²) in [6.45, 7) is 0.960. The third kappa shape index (κ3) is 4.39. The van der Waals surface area contributed by atoms with Crippen LogP contribution in [0.3, 0.4) is 0 Å². The lowest BCUT2D eigenvalue weighted by atomic mass is 10.2. The van der Waals surface area contributed by atoms with Gasteiger partial charge in [0.25, 0.3) is 0 Å². The van der Waals surface area contributed by atoms with Crippen molar-refractivity contribution in [1.29, 1.82) is 0 Å². The fraction of sp³-hybridized carbons (Fsp3) is 0.286. The first-order valence-electron chi connectivity index (χ1n) is 9.30. The van der Waals surface area contributed by atoms with Crippen LogP contribution in [0.2, 0.25) is 0 Å². The van der Waals surface area contributed by atoms with Crippen LogP contribution in [0.15, 0.2) is 59.5 Å². The first-order valence-corrected chi connectivity index (χ1v) is 10.3. The minimum absolute atomic E-state index is 0.0129. The highest BCUT2D eigenvalue weighted by molar-refractivity contribution is 8.00. The minimum Gasteiger partial charge on any atom is -0.325 e. The van der Waals surface area contributed by atoms with E-state index in [1.807, 2.05) is 54.6 Å². The molecule has 0 saturated carbocycles. The molecule has 27 heavy (non-hydrogen) atoms. The summed E-state index contributed by atoms with van der Waals surface area (Å²) in [5, 5.41) is 11.8. The molecule has 5 nitrogen and oxygen atoms in total. The number of amides is 1. The highest BCUT2D eigenvalue weighted by atomic mass is 32.2. The summed E-state index contributed by atoms with van der Waals surface area (Å²) in [5.41, 5.74) is 1.78. The smallest absolute Gasteiger partial charge is 0.234 e. The van der Waals surface area contributed by atoms with Crippen LogP contribution in [0, 0.1) is 0 Å². The number of anilines is 1. The van der Waals surface area contributed by atoms with Gasteiger partial charge in [0.15, 0.2) is 5.82 Å². The van der Waals surface area contributed by atoms with Gasteiger partial charge in [-0.05, 0) is 37.1 Å². The van der Waals surface area contributed by atoms with Gasteiger partial charge in [0.2, 0.25) is 5.91 Å². The van der Waals surface area contributed by atoms with Crippen molar-refractivity contribution in [1.82, 2.24) is 14.8 Å². The average Bonchev–Trinajstić information content (AvgIpc) is 2.96. The van der Waals surface area contributed by atoms with E-state index in [-0.39, 0.29) is 5.91 Å². The summed E-state index contributed by atoms with van der Waals surface area (Å²) < 4.78 is 2.22. The van der Waals surface area contributed by atoms with Crippen LogP contribution in [0.25, 0.3) is 11.4 Å². The van der Waals surface area contributed by atoms with Gasteiger partial charge in [-0.3, -0.25) is 4.79 Å². The molecular formula is C21H22N4OS. The molecule has 0 fully saturated rings. The number of carbonyl (C=O) groups excluding carboxylic acids is 1. The van der Waals surface area contributed by atoms with Crippen LogP contribution in [-0.4, -0.2) is 26.4 Å². The third-order valence-corrected chi connectivity index (χ3v) is 5.64. The number of aromatic nitrogens is 3. The molecule has 3 aromatic rings. The lowest BCUT2D eigenvalue weighted by Crippen LogP contribution is -2.14. The number of nitrogens with zero attached hydrogens (tertiary/aromatic N) is 3. The summed E-state index contributed by atoms with van der Waals surface area (Å²) in [4.78, 5) is 13.4. The predicted octanol–water partition coefficient (Wildman–Crippen LogP) is 4.40.